The van der Waals surface area contributed by atoms with Crippen LogP contribution in [0.25, 0.3) is 0 Å². The SMILES string of the molecule is C=CC[C@@]1(c2ccccc2)CCN([C@@H](C)c2ccc(Br)cc2)C(=O)C1.C[C@@H](c1ccc(Br)cc1)N1CC[C@@](CCO)(c2ccccc2)CC1=O.OOO.[B].[H-].[Na+]. The van der Waals surface area contributed by atoms with E-state index in [-0.39, 0.29) is 80.7 Å². The Bertz CT molecular complexity index is 1760. The van der Waals surface area contributed by atoms with Crippen LogP contribution >= 0.6 is 31.9 Å². The number of hydrogen-bond donors (Lipinski definition) is 3. The number of benzene rings is 4. The second kappa shape index (κ2) is 23.6. The van der Waals surface area contributed by atoms with Crippen molar-refractivity contribution in [1.82, 2.24) is 9.80 Å². The van der Waals surface area contributed by atoms with E-state index in [1.54, 1.807) is 0 Å². The zero-order chi connectivity index (χ0) is 38.4. The molecular weight excluding hydrogens is 834 g/mol. The number of carbonyl (C=O) groups excluding carboxylic acids is 2. The minimum atomic E-state index is -0.247. The first-order valence-corrected chi connectivity index (χ1v) is 19.5. The fourth-order valence-electron chi connectivity index (χ4n) is 7.76. The van der Waals surface area contributed by atoms with Gasteiger partial charge in [0, 0.05) is 60.7 Å². The molecular formula is C43H51BBr2N2NaO6. The summed E-state index contributed by atoms with van der Waals surface area (Å²) in [5.74, 6) is 0.395. The Morgan fingerprint density at radius 2 is 1.09 bits per heavy atom. The molecule has 6 rings (SSSR count). The molecule has 0 saturated carbocycles. The molecule has 0 unspecified atom stereocenters. The summed E-state index contributed by atoms with van der Waals surface area (Å²) < 4.78 is 2.10. The molecule has 2 amide bonds. The van der Waals surface area contributed by atoms with Crippen LogP contribution in [-0.2, 0) is 25.5 Å². The monoisotopic (exact) mass is 883 g/mol. The summed E-state index contributed by atoms with van der Waals surface area (Å²) >= 11 is 6.93. The van der Waals surface area contributed by atoms with Gasteiger partial charge in [0.05, 0.1) is 12.1 Å². The van der Waals surface area contributed by atoms with Gasteiger partial charge in [0.1, 0.15) is 0 Å². The number of nitrogens with zero attached hydrogens (tertiary/aromatic N) is 2. The first-order valence-electron chi connectivity index (χ1n) is 17.9. The summed E-state index contributed by atoms with van der Waals surface area (Å²) in [7, 11) is 0. The zero-order valence-corrected chi connectivity index (χ0v) is 37.2. The molecule has 0 bridgehead atoms. The van der Waals surface area contributed by atoms with E-state index in [0.717, 1.165) is 45.9 Å². The van der Waals surface area contributed by atoms with Crippen LogP contribution in [0.4, 0.5) is 0 Å². The van der Waals surface area contributed by atoms with Crippen molar-refractivity contribution >= 4 is 52.1 Å². The molecule has 0 aromatic heterocycles. The van der Waals surface area contributed by atoms with Crippen molar-refractivity contribution in [3.8, 4) is 0 Å². The zero-order valence-electron chi connectivity index (χ0n) is 33.0. The summed E-state index contributed by atoms with van der Waals surface area (Å²) in [4.78, 5) is 30.0. The third-order valence-corrected chi connectivity index (χ3v) is 11.9. The van der Waals surface area contributed by atoms with Crippen LogP contribution in [0.1, 0.15) is 88.1 Å². The molecule has 2 fully saturated rings. The van der Waals surface area contributed by atoms with E-state index in [1.807, 2.05) is 64.4 Å². The van der Waals surface area contributed by atoms with Crippen molar-refractivity contribution in [2.45, 2.75) is 75.3 Å². The van der Waals surface area contributed by atoms with Crippen molar-refractivity contribution in [2.75, 3.05) is 19.7 Å². The molecule has 287 valence electrons. The molecule has 12 heteroatoms. The third-order valence-electron chi connectivity index (χ3n) is 10.8. The Labute approximate surface area is 368 Å². The normalized spacial score (nSPS) is 20.3. The number of amides is 2. The smallest absolute Gasteiger partial charge is 1.00 e. The average Bonchev–Trinajstić information content (AvgIpc) is 3.17. The van der Waals surface area contributed by atoms with E-state index < -0.39 is 0 Å². The number of hydrogen-bond acceptors (Lipinski definition) is 6. The second-order valence-electron chi connectivity index (χ2n) is 13.8. The molecule has 8 nitrogen and oxygen atoms in total. The Morgan fingerprint density at radius 3 is 1.45 bits per heavy atom. The molecule has 2 aliphatic rings. The summed E-state index contributed by atoms with van der Waals surface area (Å²) in [5, 5.41) is 25.1. The van der Waals surface area contributed by atoms with Gasteiger partial charge in [-0.15, -0.1) is 6.58 Å². The molecule has 2 saturated heterocycles. The molecule has 2 aliphatic heterocycles. The fraction of sp³-hybridized carbons (Fsp3) is 0.349. The van der Waals surface area contributed by atoms with Gasteiger partial charge in [-0.25, -0.2) is 10.5 Å². The number of aliphatic hydroxyl groups excluding tert-OH is 1. The van der Waals surface area contributed by atoms with E-state index in [0.29, 0.717) is 25.8 Å². The van der Waals surface area contributed by atoms with Gasteiger partial charge in [-0.1, -0.05) is 128 Å². The number of allylic oxidation sites excluding steroid dienone is 1. The largest absolute Gasteiger partial charge is 1.00 e. The first-order chi connectivity index (χ1) is 25.5. The van der Waals surface area contributed by atoms with E-state index in [2.05, 4.69) is 118 Å². The summed E-state index contributed by atoms with van der Waals surface area (Å²) in [6.07, 6.45) is 6.27. The summed E-state index contributed by atoms with van der Waals surface area (Å²) in [6, 6.07) is 37.2. The molecule has 4 aromatic rings. The average molecular weight is 885 g/mol. The molecule has 0 aliphatic carbocycles. The molecule has 3 N–H and O–H groups in total. The third kappa shape index (κ3) is 12.7. The van der Waals surface area contributed by atoms with Crippen LogP contribution in [0.3, 0.4) is 0 Å². The van der Waals surface area contributed by atoms with Gasteiger partial charge in [-0.05, 0) is 86.1 Å². The number of halogens is 2. The van der Waals surface area contributed by atoms with Gasteiger partial charge in [-0.2, -0.15) is 0 Å². The maximum absolute atomic E-state index is 13.0. The van der Waals surface area contributed by atoms with Gasteiger partial charge in [-0.3, -0.25) is 9.59 Å². The fourth-order valence-corrected chi connectivity index (χ4v) is 8.28. The van der Waals surface area contributed by atoms with Gasteiger partial charge in [0.15, 0.2) is 0 Å². The van der Waals surface area contributed by atoms with Gasteiger partial charge in [0.25, 0.3) is 0 Å². The topological polar surface area (TPSA) is 111 Å². The summed E-state index contributed by atoms with van der Waals surface area (Å²) in [6.45, 7) is 9.72. The van der Waals surface area contributed by atoms with Crippen molar-refractivity contribution in [3.63, 3.8) is 0 Å². The Balaban J connectivity index is 0.000000498. The van der Waals surface area contributed by atoms with E-state index >= 15 is 0 Å². The second-order valence-corrected chi connectivity index (χ2v) is 15.7. The number of likely N-dealkylation sites (tertiary alicyclic amines) is 2. The van der Waals surface area contributed by atoms with E-state index in [9.17, 15) is 14.7 Å². The standard InChI is InChI=1S/C22H24BrNO.C21H24BrNO2.B.Na.H2O3.H/c1-3-13-22(19-7-5-4-6-8-19)14-15-24(21(25)16-22)17(2)18-9-11-20(23)12-10-18;1-16(17-7-9-19(22)10-8-17)23-13-11-21(12-14-24,15-20(23)25)18-5-3-2-4-6-18;;;1-3-2;/h3-12,17H,1,13-16H2,2H3;2-10,16,24H,11-15H2,1H3;;;1-2H;/q;;;+1;;-1/t17-,22+;16-,21-;;;;/m00..../s1. The van der Waals surface area contributed by atoms with Gasteiger partial charge < -0.3 is 16.3 Å². The predicted molar refractivity (Wildman–Crippen MR) is 223 cm³/mol. The molecule has 55 heavy (non-hydrogen) atoms. The van der Waals surface area contributed by atoms with Gasteiger partial charge in [0.2, 0.25) is 11.8 Å². The maximum Gasteiger partial charge on any atom is 1.00 e. The van der Waals surface area contributed by atoms with Crippen LogP contribution in [0.15, 0.2) is 131 Å². The summed E-state index contributed by atoms with van der Waals surface area (Å²) in [5.41, 5.74) is 4.37. The number of rotatable bonds is 10. The predicted octanol–water partition coefficient (Wildman–Crippen LogP) is 6.78. The van der Waals surface area contributed by atoms with Crippen LogP contribution in [-0.4, -0.2) is 65.3 Å². The van der Waals surface area contributed by atoms with E-state index in [1.165, 1.54) is 11.1 Å². The number of aliphatic hydroxyl groups is 1. The quantitative estimate of drug-likeness (QED) is 0.0702. The molecule has 4 aromatic carbocycles. The Morgan fingerprint density at radius 1 is 0.727 bits per heavy atom. The van der Waals surface area contributed by atoms with Crippen molar-refractivity contribution in [2.24, 2.45) is 0 Å². The van der Waals surface area contributed by atoms with Gasteiger partial charge >= 0.3 is 29.6 Å². The minimum absolute atomic E-state index is 0. The van der Waals surface area contributed by atoms with Crippen molar-refractivity contribution in [3.05, 3.63) is 153 Å². The number of carbonyl (C=O) groups is 2. The number of piperidine rings is 2. The Hall–Kier alpha value is -2.58. The molecule has 0 spiro atoms. The molecule has 2 heterocycles. The first kappa shape index (κ1) is 48.6. The van der Waals surface area contributed by atoms with Crippen LogP contribution < -0.4 is 29.6 Å². The van der Waals surface area contributed by atoms with E-state index in [4.69, 9.17) is 10.5 Å². The minimum Gasteiger partial charge on any atom is -1.00 e. The van der Waals surface area contributed by atoms with Crippen molar-refractivity contribution < 1.29 is 61.2 Å². The van der Waals surface area contributed by atoms with Crippen molar-refractivity contribution in [1.29, 1.82) is 0 Å². The maximum atomic E-state index is 13.0. The Kier molecular flexibility index (Phi) is 20.8. The van der Waals surface area contributed by atoms with Crippen LogP contribution in [0, 0.1) is 0 Å². The molecule has 4 atom stereocenters. The molecule has 3 radical (unpaired) electrons. The van der Waals surface area contributed by atoms with Crippen LogP contribution in [0.2, 0.25) is 0 Å². The van der Waals surface area contributed by atoms with Crippen LogP contribution in [0.5, 0.6) is 0 Å².